The van der Waals surface area contributed by atoms with Crippen LogP contribution in [0.1, 0.15) is 18.1 Å². The van der Waals surface area contributed by atoms with Crippen LogP contribution < -0.4 is 33.9 Å². The van der Waals surface area contributed by atoms with Gasteiger partial charge in [-0.1, -0.05) is 55.5 Å². The molecule has 0 aliphatic carbocycles. The molecule has 2 aromatic rings. The van der Waals surface area contributed by atoms with Crippen molar-refractivity contribution < 1.29 is 42.5 Å². The molecule has 0 atom stereocenters. The second-order valence-corrected chi connectivity index (χ2v) is 5.73. The van der Waals surface area contributed by atoms with Crippen molar-refractivity contribution in [2.45, 2.75) is 19.9 Å². The topological polar surface area (TPSA) is 60.4 Å². The van der Waals surface area contributed by atoms with E-state index in [9.17, 15) is 13.0 Å². The minimum atomic E-state index is -4.57. The van der Waals surface area contributed by atoms with Crippen LogP contribution in [0.15, 0.2) is 54.6 Å². The Balaban J connectivity index is 0.00000220. The van der Waals surface area contributed by atoms with Crippen LogP contribution in [0.5, 0.6) is 0 Å². The maximum atomic E-state index is 11.6. The standard InChI is InChI=1S/C15H17NO3S.Na/c1-2-14-10-6-7-11-15(14)16(20(17,18)19)12-13-8-4-3-5-9-13;/h3-11H,2,12H2,1H3,(H,17,18,19);/q;+1/p-1. The Bertz CT molecular complexity index is 674. The van der Waals surface area contributed by atoms with E-state index in [1.54, 1.807) is 24.3 Å². The molecule has 0 N–H and O–H groups in total. The summed E-state index contributed by atoms with van der Waals surface area (Å²) >= 11 is 0. The Morgan fingerprint density at radius 2 is 1.57 bits per heavy atom. The number of benzene rings is 2. The van der Waals surface area contributed by atoms with E-state index in [-0.39, 0.29) is 36.1 Å². The molecule has 2 rings (SSSR count). The largest absolute Gasteiger partial charge is 1.00 e. The molecule has 0 aromatic heterocycles. The van der Waals surface area contributed by atoms with Crippen molar-refractivity contribution in [2.24, 2.45) is 0 Å². The third kappa shape index (κ3) is 4.83. The van der Waals surface area contributed by atoms with Gasteiger partial charge in [0.25, 0.3) is 0 Å². The van der Waals surface area contributed by atoms with Crippen LogP contribution in [0, 0.1) is 0 Å². The zero-order chi connectivity index (χ0) is 14.6. The van der Waals surface area contributed by atoms with E-state index in [2.05, 4.69) is 0 Å². The Labute approximate surface area is 148 Å². The molecule has 0 saturated heterocycles. The smallest absolute Gasteiger partial charge is 0.731 e. The van der Waals surface area contributed by atoms with Gasteiger partial charge in [-0.2, -0.15) is 0 Å². The minimum Gasteiger partial charge on any atom is -0.731 e. The van der Waals surface area contributed by atoms with Gasteiger partial charge >= 0.3 is 29.6 Å². The summed E-state index contributed by atoms with van der Waals surface area (Å²) in [6.45, 7) is 1.97. The zero-order valence-corrected chi connectivity index (χ0v) is 15.0. The SMILES string of the molecule is CCc1ccccc1N(Cc1ccccc1)S(=O)(=O)[O-].[Na+]. The number of para-hydroxylation sites is 1. The molecule has 0 spiro atoms. The van der Waals surface area contributed by atoms with Crippen LogP contribution in [-0.4, -0.2) is 13.0 Å². The molecule has 21 heavy (non-hydrogen) atoms. The van der Waals surface area contributed by atoms with Crippen molar-refractivity contribution in [3.63, 3.8) is 0 Å². The molecule has 0 bridgehead atoms. The molecule has 0 saturated carbocycles. The first kappa shape index (κ1) is 18.2. The van der Waals surface area contributed by atoms with E-state index in [1.165, 1.54) is 0 Å². The summed E-state index contributed by atoms with van der Waals surface area (Å²) in [6.07, 6.45) is 0.664. The van der Waals surface area contributed by atoms with Gasteiger partial charge in [0, 0.05) is 0 Å². The molecule has 0 unspecified atom stereocenters. The van der Waals surface area contributed by atoms with Crippen molar-refractivity contribution in [3.8, 4) is 0 Å². The summed E-state index contributed by atoms with van der Waals surface area (Å²) in [6, 6.07) is 16.1. The molecular weight excluding hydrogens is 297 g/mol. The molecule has 106 valence electrons. The maximum Gasteiger partial charge on any atom is 1.00 e. The molecule has 0 aliphatic heterocycles. The molecule has 0 radical (unpaired) electrons. The summed E-state index contributed by atoms with van der Waals surface area (Å²) in [5, 5.41) is 0. The first-order chi connectivity index (χ1) is 9.52. The van der Waals surface area contributed by atoms with Crippen LogP contribution in [0.4, 0.5) is 5.69 Å². The van der Waals surface area contributed by atoms with E-state index in [0.29, 0.717) is 12.1 Å². The predicted molar refractivity (Wildman–Crippen MR) is 78.1 cm³/mol. The monoisotopic (exact) mass is 313 g/mol. The van der Waals surface area contributed by atoms with Gasteiger partial charge in [-0.3, -0.25) is 4.31 Å². The fourth-order valence-corrected chi connectivity index (χ4v) is 2.81. The Kier molecular flexibility index (Phi) is 6.90. The third-order valence-electron chi connectivity index (χ3n) is 3.08. The van der Waals surface area contributed by atoms with Crippen molar-refractivity contribution in [1.82, 2.24) is 0 Å². The van der Waals surface area contributed by atoms with Gasteiger partial charge in [0.15, 0.2) is 10.3 Å². The van der Waals surface area contributed by atoms with Gasteiger partial charge in [-0.25, -0.2) is 8.42 Å². The molecule has 0 heterocycles. The minimum absolute atomic E-state index is 0. The number of nitrogens with zero attached hydrogens (tertiary/aromatic N) is 1. The first-order valence-electron chi connectivity index (χ1n) is 6.37. The molecule has 2 aromatic carbocycles. The third-order valence-corrected chi connectivity index (χ3v) is 3.95. The van der Waals surface area contributed by atoms with E-state index in [1.807, 2.05) is 37.3 Å². The van der Waals surface area contributed by atoms with Gasteiger partial charge < -0.3 is 4.55 Å². The van der Waals surface area contributed by atoms with Gasteiger partial charge in [-0.15, -0.1) is 0 Å². The number of anilines is 1. The zero-order valence-electron chi connectivity index (χ0n) is 12.2. The molecule has 0 amide bonds. The molecule has 4 nitrogen and oxygen atoms in total. The molecule has 6 heteroatoms. The average Bonchev–Trinajstić information content (AvgIpc) is 2.45. The van der Waals surface area contributed by atoms with Gasteiger partial charge in [0.1, 0.15) is 0 Å². The molecule has 0 aliphatic rings. The van der Waals surface area contributed by atoms with E-state index in [4.69, 9.17) is 0 Å². The quantitative estimate of drug-likeness (QED) is 0.563. The molecule has 0 fully saturated rings. The number of aryl methyl sites for hydroxylation is 1. The first-order valence-corrected chi connectivity index (χ1v) is 7.74. The van der Waals surface area contributed by atoms with Crippen LogP contribution >= 0.6 is 0 Å². The number of hydrogen-bond donors (Lipinski definition) is 0. The summed E-state index contributed by atoms with van der Waals surface area (Å²) in [5.41, 5.74) is 2.06. The second-order valence-electron chi connectivity index (χ2n) is 4.43. The van der Waals surface area contributed by atoms with Crippen molar-refractivity contribution in [2.75, 3.05) is 4.31 Å². The van der Waals surface area contributed by atoms with Crippen molar-refractivity contribution in [1.29, 1.82) is 0 Å². The Morgan fingerprint density at radius 1 is 1.00 bits per heavy atom. The van der Waals surface area contributed by atoms with Crippen LogP contribution in [0.25, 0.3) is 0 Å². The van der Waals surface area contributed by atoms with Gasteiger partial charge in [0.05, 0.1) is 12.2 Å². The maximum absolute atomic E-state index is 11.6. The number of hydrogen-bond acceptors (Lipinski definition) is 3. The van der Waals surface area contributed by atoms with Crippen LogP contribution in [0.2, 0.25) is 0 Å². The average molecular weight is 313 g/mol. The second kappa shape index (κ2) is 7.96. The summed E-state index contributed by atoms with van der Waals surface area (Å²) < 4.78 is 35.6. The van der Waals surface area contributed by atoms with Crippen LogP contribution in [0.3, 0.4) is 0 Å². The summed E-state index contributed by atoms with van der Waals surface area (Å²) in [4.78, 5) is 0. The van der Waals surface area contributed by atoms with Crippen molar-refractivity contribution >= 4 is 16.0 Å². The Hall–Kier alpha value is -0.850. The fraction of sp³-hybridized carbons (Fsp3) is 0.200. The van der Waals surface area contributed by atoms with Crippen molar-refractivity contribution in [3.05, 3.63) is 65.7 Å². The van der Waals surface area contributed by atoms with E-state index >= 15 is 0 Å². The van der Waals surface area contributed by atoms with Gasteiger partial charge in [0.2, 0.25) is 0 Å². The summed E-state index contributed by atoms with van der Waals surface area (Å²) in [7, 11) is -4.57. The predicted octanol–water partition coefficient (Wildman–Crippen LogP) is -0.280. The van der Waals surface area contributed by atoms with E-state index in [0.717, 1.165) is 15.4 Å². The Morgan fingerprint density at radius 3 is 2.14 bits per heavy atom. The number of rotatable bonds is 5. The normalized spacial score (nSPS) is 10.8. The van der Waals surface area contributed by atoms with E-state index < -0.39 is 10.3 Å². The molecular formula is C15H16NNaO3S. The van der Waals surface area contributed by atoms with Crippen LogP contribution in [-0.2, 0) is 23.3 Å². The van der Waals surface area contributed by atoms with Gasteiger partial charge in [-0.05, 0) is 23.6 Å². The summed E-state index contributed by atoms with van der Waals surface area (Å²) in [5.74, 6) is 0. The fourth-order valence-electron chi connectivity index (χ4n) is 2.09.